The van der Waals surface area contributed by atoms with Gasteiger partial charge in [0.25, 0.3) is 5.91 Å². The number of tetrazole rings is 1. The highest BCUT2D eigenvalue weighted by Gasteiger charge is 2.36. The fourth-order valence-electron chi connectivity index (χ4n) is 4.99. The number of aromatic nitrogens is 4. The number of hydrogen-bond donors (Lipinski definition) is 2. The summed E-state index contributed by atoms with van der Waals surface area (Å²) in [4.78, 5) is 32.6. The second-order valence-corrected chi connectivity index (χ2v) is 10.6. The Morgan fingerprint density at radius 2 is 2.05 bits per heavy atom. The molecule has 1 aliphatic heterocycles. The van der Waals surface area contributed by atoms with Gasteiger partial charge in [0.2, 0.25) is 11.7 Å². The summed E-state index contributed by atoms with van der Waals surface area (Å²) in [6.07, 6.45) is 4.11. The number of amides is 2. The summed E-state index contributed by atoms with van der Waals surface area (Å²) >= 11 is 1.51. The van der Waals surface area contributed by atoms with E-state index in [1.807, 2.05) is 30.5 Å². The molecule has 0 aromatic carbocycles. The molecule has 3 aromatic rings. The zero-order valence-corrected chi connectivity index (χ0v) is 21.9. The minimum absolute atomic E-state index is 0.121. The van der Waals surface area contributed by atoms with Gasteiger partial charge in [0.05, 0.1) is 31.2 Å². The number of nitrogens with one attached hydrogen (secondary N) is 2. The molecule has 2 aliphatic rings. The van der Waals surface area contributed by atoms with Crippen LogP contribution in [0, 0.1) is 6.92 Å². The van der Waals surface area contributed by atoms with Gasteiger partial charge in [-0.05, 0) is 48.6 Å². The summed E-state index contributed by atoms with van der Waals surface area (Å²) < 4.78 is 11.4. The lowest BCUT2D eigenvalue weighted by Crippen LogP contribution is -3.14. The summed E-state index contributed by atoms with van der Waals surface area (Å²) in [5, 5.41) is 17.7. The van der Waals surface area contributed by atoms with Crippen LogP contribution in [-0.2, 0) is 20.9 Å². The molecule has 2 N–H and O–H groups in total. The van der Waals surface area contributed by atoms with E-state index in [1.165, 1.54) is 21.0 Å². The van der Waals surface area contributed by atoms with Crippen LogP contribution in [0.3, 0.4) is 0 Å². The molecule has 1 aliphatic carbocycles. The molecule has 1 saturated heterocycles. The number of thiophene rings is 1. The monoisotopic (exact) mass is 528 g/mol. The van der Waals surface area contributed by atoms with Crippen molar-refractivity contribution in [3.63, 3.8) is 0 Å². The first-order valence-electron chi connectivity index (χ1n) is 13.0. The van der Waals surface area contributed by atoms with Crippen LogP contribution in [-0.4, -0.2) is 82.4 Å². The Hall–Kier alpha value is -3.09. The minimum Gasteiger partial charge on any atom is -0.464 e. The van der Waals surface area contributed by atoms with Crippen LogP contribution in [0.4, 0.5) is 0 Å². The molecule has 1 atom stereocenters. The number of quaternary nitrogens is 1. The van der Waals surface area contributed by atoms with Crippen molar-refractivity contribution < 1.29 is 23.6 Å². The van der Waals surface area contributed by atoms with Crippen molar-refractivity contribution in [1.29, 1.82) is 0 Å². The smallest absolute Gasteiger partial charge is 0.250 e. The van der Waals surface area contributed by atoms with Crippen molar-refractivity contribution in [2.75, 3.05) is 39.4 Å². The molecule has 3 aromatic heterocycles. The van der Waals surface area contributed by atoms with Gasteiger partial charge in [0.15, 0.2) is 6.04 Å². The normalized spacial score (nSPS) is 17.6. The first-order chi connectivity index (χ1) is 18.1. The highest BCUT2D eigenvalue weighted by molar-refractivity contribution is 7.13. The van der Waals surface area contributed by atoms with Gasteiger partial charge in [-0.1, -0.05) is 18.9 Å². The first kappa shape index (κ1) is 25.6. The Balaban J connectivity index is 1.39. The van der Waals surface area contributed by atoms with Crippen molar-refractivity contribution in [2.45, 2.75) is 51.2 Å². The third kappa shape index (κ3) is 6.43. The maximum Gasteiger partial charge on any atom is 0.250 e. The summed E-state index contributed by atoms with van der Waals surface area (Å²) in [6, 6.07) is 6.70. The van der Waals surface area contributed by atoms with Gasteiger partial charge in [-0.3, -0.25) is 9.59 Å². The molecule has 11 nitrogen and oxygen atoms in total. The van der Waals surface area contributed by atoms with Gasteiger partial charge >= 0.3 is 0 Å². The van der Waals surface area contributed by atoms with Crippen molar-refractivity contribution in [2.24, 2.45) is 0 Å². The van der Waals surface area contributed by atoms with Gasteiger partial charge in [0.1, 0.15) is 31.2 Å². The van der Waals surface area contributed by atoms with Crippen molar-refractivity contribution in [3.05, 3.63) is 41.2 Å². The van der Waals surface area contributed by atoms with Crippen LogP contribution >= 0.6 is 11.3 Å². The molecule has 2 fully saturated rings. The molecule has 1 saturated carbocycles. The maximum atomic E-state index is 13.8. The van der Waals surface area contributed by atoms with Gasteiger partial charge in [0, 0.05) is 6.04 Å². The van der Waals surface area contributed by atoms with Crippen LogP contribution in [0.5, 0.6) is 0 Å². The standard InChI is InChI=1S/C25H33N7O4S/c1-18-8-9-20(36-18)23(25(34)26-19-5-2-3-6-19)31(11-10-30-12-14-35-15-13-30)22(33)17-32-28-24(27-29-32)21-7-4-16-37-21/h4,7-9,16,19,23H,2-3,5-6,10-15,17H2,1H3,(H,26,34)/p+1. The van der Waals surface area contributed by atoms with E-state index in [-0.39, 0.29) is 24.4 Å². The number of carbonyl (C=O) groups excluding carboxylic acids is 2. The second-order valence-electron chi connectivity index (χ2n) is 9.66. The van der Waals surface area contributed by atoms with Gasteiger partial charge in [-0.25, -0.2) is 0 Å². The molecule has 1 unspecified atom stereocenters. The largest absolute Gasteiger partial charge is 0.464 e. The molecule has 12 heteroatoms. The van der Waals surface area contributed by atoms with Crippen LogP contribution in [0.25, 0.3) is 10.7 Å². The quantitative estimate of drug-likeness (QED) is 0.400. The first-order valence-corrected chi connectivity index (χ1v) is 13.8. The van der Waals surface area contributed by atoms with Gasteiger partial charge < -0.3 is 24.3 Å². The Morgan fingerprint density at radius 1 is 1.24 bits per heavy atom. The highest BCUT2D eigenvalue weighted by Crippen LogP contribution is 2.26. The summed E-state index contributed by atoms with van der Waals surface area (Å²) in [5.41, 5.74) is 0. The molecule has 4 heterocycles. The molecule has 2 amide bonds. The van der Waals surface area contributed by atoms with E-state index in [0.717, 1.165) is 43.6 Å². The minimum atomic E-state index is -0.873. The van der Waals surface area contributed by atoms with E-state index in [9.17, 15) is 9.59 Å². The lowest BCUT2D eigenvalue weighted by Gasteiger charge is -2.32. The Kier molecular flexibility index (Phi) is 8.27. The van der Waals surface area contributed by atoms with E-state index in [4.69, 9.17) is 9.15 Å². The SMILES string of the molecule is Cc1ccc(C(C(=O)NC2CCCC2)N(CC[NH+]2CCOCC2)C(=O)Cn2nnc(-c3cccs3)n2)o1. The molecule has 0 spiro atoms. The maximum absolute atomic E-state index is 13.8. The zero-order chi connectivity index (χ0) is 25.6. The molecule has 0 radical (unpaired) electrons. The van der Waals surface area contributed by atoms with E-state index < -0.39 is 6.04 Å². The zero-order valence-electron chi connectivity index (χ0n) is 21.1. The number of morpholine rings is 1. The molecule has 37 heavy (non-hydrogen) atoms. The van der Waals surface area contributed by atoms with Crippen LogP contribution in [0.15, 0.2) is 34.1 Å². The van der Waals surface area contributed by atoms with Gasteiger partial charge in [-0.2, -0.15) is 4.80 Å². The predicted octanol–water partition coefficient (Wildman–Crippen LogP) is 0.847. The van der Waals surface area contributed by atoms with Crippen molar-refractivity contribution in [3.8, 4) is 10.7 Å². The fraction of sp³-hybridized carbons (Fsp3) is 0.560. The van der Waals surface area contributed by atoms with E-state index in [0.29, 0.717) is 43.6 Å². The Bertz CT molecular complexity index is 1170. The topological polar surface area (TPSA) is 120 Å². The summed E-state index contributed by atoms with van der Waals surface area (Å²) in [6.45, 7) is 5.94. The number of furan rings is 1. The van der Waals surface area contributed by atoms with Crippen molar-refractivity contribution in [1.82, 2.24) is 30.4 Å². The lowest BCUT2D eigenvalue weighted by molar-refractivity contribution is -0.907. The van der Waals surface area contributed by atoms with E-state index in [2.05, 4.69) is 20.7 Å². The number of aryl methyl sites for hydroxylation is 1. The summed E-state index contributed by atoms with van der Waals surface area (Å²) in [5.74, 6) is 1.16. The predicted molar refractivity (Wildman–Crippen MR) is 136 cm³/mol. The second kappa shape index (κ2) is 12.0. The number of carbonyl (C=O) groups is 2. The van der Waals surface area contributed by atoms with Crippen LogP contribution in [0.1, 0.15) is 43.2 Å². The van der Waals surface area contributed by atoms with Crippen LogP contribution < -0.4 is 10.2 Å². The molecule has 0 bridgehead atoms. The third-order valence-corrected chi connectivity index (χ3v) is 7.86. The average Bonchev–Trinajstić information content (AvgIpc) is 3.71. The van der Waals surface area contributed by atoms with Crippen molar-refractivity contribution >= 4 is 23.2 Å². The molecule has 5 rings (SSSR count). The number of hydrogen-bond acceptors (Lipinski definition) is 8. The fourth-order valence-corrected chi connectivity index (χ4v) is 5.64. The van der Waals surface area contributed by atoms with Gasteiger partial charge in [-0.15, -0.1) is 21.5 Å². The molecule has 198 valence electrons. The summed E-state index contributed by atoms with van der Waals surface area (Å²) in [7, 11) is 0. The Morgan fingerprint density at radius 3 is 2.76 bits per heavy atom. The molecular weight excluding hydrogens is 494 g/mol. The molecular formula is C25H34N7O4S+. The third-order valence-electron chi connectivity index (χ3n) is 6.99. The van der Waals surface area contributed by atoms with E-state index in [1.54, 1.807) is 11.0 Å². The number of nitrogens with zero attached hydrogens (tertiary/aromatic N) is 5. The van der Waals surface area contributed by atoms with Crippen LogP contribution in [0.2, 0.25) is 0 Å². The number of rotatable bonds is 10. The average molecular weight is 529 g/mol. The number of ether oxygens (including phenoxy) is 1. The lowest BCUT2D eigenvalue weighted by atomic mass is 10.1. The highest BCUT2D eigenvalue weighted by atomic mass is 32.1. The Labute approximate surface area is 219 Å². The van der Waals surface area contributed by atoms with E-state index >= 15 is 0 Å².